The average molecular weight is 304 g/mol. The first-order valence-corrected chi connectivity index (χ1v) is 7.76. The summed E-state index contributed by atoms with van der Waals surface area (Å²) in [6.45, 7) is 1.18. The molecule has 118 valence electrons. The highest BCUT2D eigenvalue weighted by atomic mass is 16.2. The fourth-order valence-corrected chi connectivity index (χ4v) is 3.31. The number of rotatable bonds is 4. The lowest BCUT2D eigenvalue weighted by molar-refractivity contribution is -0.129. The summed E-state index contributed by atoms with van der Waals surface area (Å²) in [7, 11) is 0. The number of likely N-dealkylation sites (tertiary alicyclic amines) is 1. The van der Waals surface area contributed by atoms with Crippen LogP contribution >= 0.6 is 0 Å². The SMILES string of the molecule is O=C(NC[C@@H]1CC(=O)N(C2CCCC2)C1)c1c[nH]c(=O)cn1. The molecular formula is C15H20N4O3. The number of carbonyl (C=O) groups is 2. The van der Waals surface area contributed by atoms with Crippen LogP contribution in [0, 0.1) is 5.92 Å². The highest BCUT2D eigenvalue weighted by Crippen LogP contribution is 2.29. The lowest BCUT2D eigenvalue weighted by Crippen LogP contribution is -2.36. The van der Waals surface area contributed by atoms with Gasteiger partial charge in [-0.2, -0.15) is 0 Å². The van der Waals surface area contributed by atoms with Crippen LogP contribution in [0.1, 0.15) is 42.6 Å². The molecule has 1 aliphatic heterocycles. The van der Waals surface area contributed by atoms with Crippen molar-refractivity contribution in [3.63, 3.8) is 0 Å². The van der Waals surface area contributed by atoms with E-state index in [1.807, 2.05) is 4.90 Å². The second kappa shape index (κ2) is 6.29. The molecule has 7 nitrogen and oxygen atoms in total. The molecule has 1 saturated carbocycles. The second-order valence-electron chi connectivity index (χ2n) is 6.06. The molecule has 1 aromatic rings. The third-order valence-corrected chi connectivity index (χ3v) is 4.46. The Kier molecular flexibility index (Phi) is 4.22. The number of nitrogens with zero attached hydrogens (tertiary/aromatic N) is 2. The monoisotopic (exact) mass is 304 g/mol. The Bertz CT molecular complexity index is 601. The molecule has 1 aromatic heterocycles. The predicted octanol–water partition coefficient (Wildman–Crippen LogP) is 0.291. The van der Waals surface area contributed by atoms with E-state index in [1.165, 1.54) is 19.0 Å². The summed E-state index contributed by atoms with van der Waals surface area (Å²) in [6.07, 6.45) is 7.48. The Morgan fingerprint density at radius 1 is 1.36 bits per heavy atom. The molecule has 2 N–H and O–H groups in total. The normalized spacial score (nSPS) is 22.3. The molecule has 0 unspecified atom stereocenters. The van der Waals surface area contributed by atoms with Crippen LogP contribution in [0.5, 0.6) is 0 Å². The first-order chi connectivity index (χ1) is 10.6. The summed E-state index contributed by atoms with van der Waals surface area (Å²) in [5.74, 6) is 0.0242. The van der Waals surface area contributed by atoms with Crippen molar-refractivity contribution in [3.8, 4) is 0 Å². The van der Waals surface area contributed by atoms with Gasteiger partial charge in [-0.05, 0) is 12.8 Å². The Hall–Kier alpha value is -2.18. The zero-order valence-corrected chi connectivity index (χ0v) is 12.4. The predicted molar refractivity (Wildman–Crippen MR) is 79.3 cm³/mol. The van der Waals surface area contributed by atoms with E-state index in [1.54, 1.807) is 0 Å². The molecule has 1 atom stereocenters. The summed E-state index contributed by atoms with van der Waals surface area (Å²) in [6, 6.07) is 0.397. The van der Waals surface area contributed by atoms with Crippen molar-refractivity contribution in [3.05, 3.63) is 28.4 Å². The van der Waals surface area contributed by atoms with Gasteiger partial charge in [0.2, 0.25) is 5.91 Å². The van der Waals surface area contributed by atoms with Crippen LogP contribution in [0.25, 0.3) is 0 Å². The van der Waals surface area contributed by atoms with E-state index in [0.717, 1.165) is 25.6 Å². The van der Waals surface area contributed by atoms with Gasteiger partial charge in [0.15, 0.2) is 0 Å². The van der Waals surface area contributed by atoms with Crippen LogP contribution in [-0.4, -0.2) is 45.8 Å². The van der Waals surface area contributed by atoms with Crippen molar-refractivity contribution in [1.82, 2.24) is 20.2 Å². The molecular weight excluding hydrogens is 284 g/mol. The van der Waals surface area contributed by atoms with Crippen molar-refractivity contribution in [2.24, 2.45) is 5.92 Å². The quantitative estimate of drug-likeness (QED) is 0.836. The molecule has 2 amide bonds. The first kappa shape index (κ1) is 14.7. The van der Waals surface area contributed by atoms with E-state index in [2.05, 4.69) is 15.3 Å². The van der Waals surface area contributed by atoms with E-state index in [4.69, 9.17) is 0 Å². The molecule has 3 rings (SSSR count). The zero-order valence-electron chi connectivity index (χ0n) is 12.4. The van der Waals surface area contributed by atoms with Crippen molar-refractivity contribution in [2.75, 3.05) is 13.1 Å². The molecule has 2 aliphatic rings. The minimum atomic E-state index is -0.342. The highest BCUT2D eigenvalue weighted by Gasteiger charge is 2.35. The number of hydrogen-bond acceptors (Lipinski definition) is 4. The fraction of sp³-hybridized carbons (Fsp3) is 0.600. The maximum Gasteiger partial charge on any atom is 0.271 e. The molecule has 0 aromatic carbocycles. The van der Waals surface area contributed by atoms with E-state index in [0.29, 0.717) is 19.0 Å². The van der Waals surface area contributed by atoms with Gasteiger partial charge in [-0.3, -0.25) is 14.4 Å². The van der Waals surface area contributed by atoms with Gasteiger partial charge >= 0.3 is 0 Å². The maximum absolute atomic E-state index is 12.1. The molecule has 0 spiro atoms. The standard InChI is InChI=1S/C15H20N4O3/c20-13-8-16-12(7-17-13)15(22)18-6-10-5-14(21)19(9-10)11-3-1-2-4-11/h7-8,10-11H,1-6,9H2,(H,17,20)(H,18,22)/t10-/m0/s1. The number of aromatic nitrogens is 2. The topological polar surface area (TPSA) is 95.2 Å². The Morgan fingerprint density at radius 2 is 2.14 bits per heavy atom. The minimum Gasteiger partial charge on any atom is -0.350 e. The van der Waals surface area contributed by atoms with Gasteiger partial charge in [0.1, 0.15) is 5.69 Å². The number of hydrogen-bond donors (Lipinski definition) is 2. The van der Waals surface area contributed by atoms with Crippen molar-refractivity contribution in [1.29, 1.82) is 0 Å². The third-order valence-electron chi connectivity index (χ3n) is 4.46. The number of nitrogens with one attached hydrogen (secondary N) is 2. The number of aromatic amines is 1. The van der Waals surface area contributed by atoms with Gasteiger partial charge in [0.25, 0.3) is 11.5 Å². The van der Waals surface area contributed by atoms with E-state index in [9.17, 15) is 14.4 Å². The number of amides is 2. The summed E-state index contributed by atoms with van der Waals surface area (Å²) < 4.78 is 0. The highest BCUT2D eigenvalue weighted by molar-refractivity contribution is 5.91. The fourth-order valence-electron chi connectivity index (χ4n) is 3.31. The van der Waals surface area contributed by atoms with Crippen LogP contribution in [0.2, 0.25) is 0 Å². The van der Waals surface area contributed by atoms with Gasteiger partial charge in [0.05, 0.1) is 6.20 Å². The van der Waals surface area contributed by atoms with Crippen LogP contribution in [0.3, 0.4) is 0 Å². The van der Waals surface area contributed by atoms with Gasteiger partial charge in [-0.15, -0.1) is 0 Å². The lowest BCUT2D eigenvalue weighted by atomic mass is 10.1. The molecule has 0 radical (unpaired) electrons. The molecule has 7 heteroatoms. The van der Waals surface area contributed by atoms with Gasteiger partial charge in [-0.1, -0.05) is 12.8 Å². The summed E-state index contributed by atoms with van der Waals surface area (Å²) in [5, 5.41) is 2.79. The van der Waals surface area contributed by atoms with E-state index < -0.39 is 0 Å². The van der Waals surface area contributed by atoms with E-state index >= 15 is 0 Å². The smallest absolute Gasteiger partial charge is 0.271 e. The molecule has 1 aliphatic carbocycles. The minimum absolute atomic E-state index is 0.153. The third kappa shape index (κ3) is 3.18. The van der Waals surface area contributed by atoms with Crippen LogP contribution in [0.4, 0.5) is 0 Å². The van der Waals surface area contributed by atoms with Gasteiger partial charge in [-0.25, -0.2) is 4.98 Å². The first-order valence-electron chi connectivity index (χ1n) is 7.76. The van der Waals surface area contributed by atoms with Crippen LogP contribution in [-0.2, 0) is 4.79 Å². The Balaban J connectivity index is 1.51. The van der Waals surface area contributed by atoms with Crippen molar-refractivity contribution >= 4 is 11.8 Å². The maximum atomic E-state index is 12.1. The molecule has 22 heavy (non-hydrogen) atoms. The van der Waals surface area contributed by atoms with Crippen molar-refractivity contribution < 1.29 is 9.59 Å². The number of H-pyrrole nitrogens is 1. The summed E-state index contributed by atoms with van der Waals surface area (Å²) in [4.78, 5) is 43.1. The average Bonchev–Trinajstić information content (AvgIpc) is 3.14. The van der Waals surface area contributed by atoms with E-state index in [-0.39, 0.29) is 29.0 Å². The Labute approximate surface area is 128 Å². The second-order valence-corrected chi connectivity index (χ2v) is 6.06. The van der Waals surface area contributed by atoms with Crippen LogP contribution in [0.15, 0.2) is 17.2 Å². The zero-order chi connectivity index (χ0) is 15.5. The summed E-state index contributed by atoms with van der Waals surface area (Å²) >= 11 is 0. The molecule has 0 bridgehead atoms. The molecule has 2 fully saturated rings. The Morgan fingerprint density at radius 3 is 2.82 bits per heavy atom. The largest absolute Gasteiger partial charge is 0.350 e. The van der Waals surface area contributed by atoms with Crippen molar-refractivity contribution in [2.45, 2.75) is 38.1 Å². The number of carbonyl (C=O) groups excluding carboxylic acids is 2. The van der Waals surface area contributed by atoms with Crippen LogP contribution < -0.4 is 10.9 Å². The van der Waals surface area contributed by atoms with Gasteiger partial charge < -0.3 is 15.2 Å². The molecule has 2 heterocycles. The molecule has 1 saturated heterocycles. The van der Waals surface area contributed by atoms with Gasteiger partial charge in [0, 0.05) is 37.7 Å². The summed E-state index contributed by atoms with van der Waals surface area (Å²) in [5.41, 5.74) is -0.165. The lowest BCUT2D eigenvalue weighted by Gasteiger charge is -2.24.